The molecule has 0 unspecified atom stereocenters. The van der Waals surface area contributed by atoms with E-state index in [0.29, 0.717) is 0 Å². The first-order valence-electron chi connectivity index (χ1n) is 7.38. The maximum absolute atomic E-state index is 2.27. The summed E-state index contributed by atoms with van der Waals surface area (Å²) in [7, 11) is 0. The van der Waals surface area contributed by atoms with Crippen molar-refractivity contribution < 1.29 is 0 Å². The van der Waals surface area contributed by atoms with E-state index >= 15 is 0 Å². The fourth-order valence-corrected chi connectivity index (χ4v) is 1.86. The fraction of sp³-hybridized carbons (Fsp3) is 0.647. The monoisotopic (exact) mass is 234 g/mol. The van der Waals surface area contributed by atoms with Gasteiger partial charge in [0.2, 0.25) is 0 Å². The lowest BCUT2D eigenvalue weighted by Gasteiger charge is -2.02. The van der Waals surface area contributed by atoms with E-state index in [1.165, 1.54) is 56.1 Å². The highest BCUT2D eigenvalue weighted by molar-refractivity contribution is 5.21. The zero-order valence-electron chi connectivity index (χ0n) is 12.3. The van der Waals surface area contributed by atoms with Gasteiger partial charge < -0.3 is 0 Å². The van der Waals surface area contributed by atoms with Gasteiger partial charge in [-0.2, -0.15) is 0 Å². The third-order valence-electron chi connectivity index (χ3n) is 2.94. The molecule has 0 fully saturated rings. The number of hydrogen-bond donors (Lipinski definition) is 0. The number of benzene rings is 1. The minimum Gasteiger partial charge on any atom is -0.0683 e. The van der Waals surface area contributed by atoms with Crippen molar-refractivity contribution >= 4 is 0 Å². The predicted octanol–water partition coefficient (Wildman–Crippen LogP) is 5.92. The summed E-state index contributed by atoms with van der Waals surface area (Å²) in [5, 5.41) is 0. The molecule has 0 heterocycles. The first kappa shape index (κ1) is 16.2. The van der Waals surface area contributed by atoms with Crippen LogP contribution in [0.25, 0.3) is 0 Å². The molecule has 0 spiro atoms. The first-order chi connectivity index (χ1) is 8.33. The topological polar surface area (TPSA) is 0 Å². The van der Waals surface area contributed by atoms with E-state index in [-0.39, 0.29) is 0 Å². The number of rotatable bonds is 7. The Hall–Kier alpha value is -0.780. The molecule has 17 heavy (non-hydrogen) atoms. The van der Waals surface area contributed by atoms with Crippen molar-refractivity contribution in [3.8, 4) is 0 Å². The van der Waals surface area contributed by atoms with Crippen molar-refractivity contribution in [3.63, 3.8) is 0 Å². The van der Waals surface area contributed by atoms with Crippen LogP contribution in [-0.2, 0) is 6.42 Å². The summed E-state index contributed by atoms with van der Waals surface area (Å²) in [5.41, 5.74) is 2.86. The second kappa shape index (κ2) is 11.7. The average Bonchev–Trinajstić information content (AvgIpc) is 2.38. The Kier molecular flexibility index (Phi) is 11.2. The van der Waals surface area contributed by atoms with Crippen LogP contribution < -0.4 is 0 Å². The molecule has 1 aromatic carbocycles. The van der Waals surface area contributed by atoms with Crippen LogP contribution in [0.1, 0.15) is 70.4 Å². The van der Waals surface area contributed by atoms with Crippen molar-refractivity contribution in [2.75, 3.05) is 0 Å². The van der Waals surface area contributed by atoms with Gasteiger partial charge in [0.1, 0.15) is 0 Å². The molecule has 0 aromatic heterocycles. The van der Waals surface area contributed by atoms with Crippen LogP contribution in [0, 0.1) is 6.92 Å². The first-order valence-corrected chi connectivity index (χ1v) is 7.38. The summed E-state index contributed by atoms with van der Waals surface area (Å²) >= 11 is 0. The Morgan fingerprint density at radius 3 is 1.88 bits per heavy atom. The molecule has 0 bridgehead atoms. The third kappa shape index (κ3) is 8.97. The number of aryl methyl sites for hydroxylation is 2. The minimum absolute atomic E-state index is 1.26. The summed E-state index contributed by atoms with van der Waals surface area (Å²) in [6, 6.07) is 8.96. The lowest BCUT2D eigenvalue weighted by atomic mass is 10.0. The Morgan fingerprint density at radius 2 is 1.29 bits per heavy atom. The average molecular weight is 234 g/mol. The van der Waals surface area contributed by atoms with Crippen molar-refractivity contribution in [2.24, 2.45) is 0 Å². The van der Waals surface area contributed by atoms with Crippen LogP contribution in [0.15, 0.2) is 24.3 Å². The number of unbranched alkanes of at least 4 members (excludes halogenated alkanes) is 5. The van der Waals surface area contributed by atoms with Gasteiger partial charge in [0.15, 0.2) is 0 Å². The van der Waals surface area contributed by atoms with Gasteiger partial charge in [-0.1, -0.05) is 82.7 Å². The Bertz CT molecular complexity index is 245. The van der Waals surface area contributed by atoms with Gasteiger partial charge in [0.05, 0.1) is 0 Å². The second-order valence-electron chi connectivity index (χ2n) is 4.50. The van der Waals surface area contributed by atoms with Gasteiger partial charge in [-0.3, -0.25) is 0 Å². The summed E-state index contributed by atoms with van der Waals surface area (Å²) in [4.78, 5) is 0. The van der Waals surface area contributed by atoms with E-state index in [2.05, 4.69) is 38.1 Å². The van der Waals surface area contributed by atoms with Gasteiger partial charge in [-0.05, 0) is 25.3 Å². The molecule has 0 saturated carbocycles. The van der Waals surface area contributed by atoms with Gasteiger partial charge in [-0.15, -0.1) is 0 Å². The third-order valence-corrected chi connectivity index (χ3v) is 2.94. The van der Waals surface area contributed by atoms with Crippen LogP contribution in [0.3, 0.4) is 0 Å². The summed E-state index contributed by atoms with van der Waals surface area (Å²) in [6.07, 6.45) is 9.60. The van der Waals surface area contributed by atoms with Gasteiger partial charge in [0, 0.05) is 0 Å². The minimum atomic E-state index is 1.26. The summed E-state index contributed by atoms with van der Waals surface area (Å²) < 4.78 is 0. The van der Waals surface area contributed by atoms with E-state index < -0.39 is 0 Å². The molecular formula is C17H30. The maximum atomic E-state index is 2.27. The molecule has 0 atom stereocenters. The highest BCUT2D eigenvalue weighted by atomic mass is 14.0. The highest BCUT2D eigenvalue weighted by Gasteiger charge is 1.93. The Morgan fingerprint density at radius 1 is 0.765 bits per heavy atom. The zero-order valence-corrected chi connectivity index (χ0v) is 12.3. The van der Waals surface area contributed by atoms with E-state index in [0.717, 1.165) is 0 Å². The molecule has 0 amide bonds. The van der Waals surface area contributed by atoms with Crippen molar-refractivity contribution in [3.05, 3.63) is 35.4 Å². The largest absolute Gasteiger partial charge is 0.0683 e. The molecule has 0 nitrogen and oxygen atoms in total. The maximum Gasteiger partial charge on any atom is -0.0279 e. The molecule has 0 aliphatic heterocycles. The van der Waals surface area contributed by atoms with Crippen LogP contribution >= 0.6 is 0 Å². The summed E-state index contributed by atoms with van der Waals surface area (Å²) in [6.45, 7) is 8.42. The van der Waals surface area contributed by atoms with E-state index in [1.54, 1.807) is 0 Å². The lowest BCUT2D eigenvalue weighted by molar-refractivity contribution is 0.607. The fourth-order valence-electron chi connectivity index (χ4n) is 1.86. The molecular weight excluding hydrogens is 204 g/mol. The molecule has 98 valence electrons. The van der Waals surface area contributed by atoms with Crippen LogP contribution in [0.5, 0.6) is 0 Å². The van der Waals surface area contributed by atoms with Crippen LogP contribution in [0.2, 0.25) is 0 Å². The molecule has 0 aliphatic carbocycles. The van der Waals surface area contributed by atoms with E-state index in [4.69, 9.17) is 0 Å². The SMILES string of the molecule is CC.CCCCCCCCc1ccc(C)cc1. The Balaban J connectivity index is 0.00000121. The van der Waals surface area contributed by atoms with Gasteiger partial charge in [0.25, 0.3) is 0 Å². The molecule has 0 heteroatoms. The standard InChI is InChI=1S/C15H24.C2H6/c1-3-4-5-6-7-8-9-15-12-10-14(2)11-13-15;1-2/h10-13H,3-9H2,1-2H3;1-2H3. The van der Waals surface area contributed by atoms with Gasteiger partial charge >= 0.3 is 0 Å². The van der Waals surface area contributed by atoms with Crippen molar-refractivity contribution in [1.82, 2.24) is 0 Å². The highest BCUT2D eigenvalue weighted by Crippen LogP contribution is 2.10. The molecule has 1 aromatic rings. The molecule has 0 N–H and O–H groups in total. The quantitative estimate of drug-likeness (QED) is 0.513. The van der Waals surface area contributed by atoms with E-state index in [9.17, 15) is 0 Å². The predicted molar refractivity (Wildman–Crippen MR) is 79.6 cm³/mol. The summed E-state index contributed by atoms with van der Waals surface area (Å²) in [5.74, 6) is 0. The Labute approximate surface area is 108 Å². The number of hydrogen-bond acceptors (Lipinski definition) is 0. The van der Waals surface area contributed by atoms with Gasteiger partial charge in [-0.25, -0.2) is 0 Å². The smallest absolute Gasteiger partial charge is 0.0279 e. The van der Waals surface area contributed by atoms with E-state index in [1.807, 2.05) is 13.8 Å². The molecule has 1 rings (SSSR count). The van der Waals surface area contributed by atoms with Crippen molar-refractivity contribution in [1.29, 1.82) is 0 Å². The lowest BCUT2D eigenvalue weighted by Crippen LogP contribution is -1.86. The van der Waals surface area contributed by atoms with Crippen LogP contribution in [0.4, 0.5) is 0 Å². The molecule has 0 radical (unpaired) electrons. The molecule has 0 saturated heterocycles. The van der Waals surface area contributed by atoms with Crippen LogP contribution in [-0.4, -0.2) is 0 Å². The second-order valence-corrected chi connectivity index (χ2v) is 4.50. The van der Waals surface area contributed by atoms with Crippen molar-refractivity contribution in [2.45, 2.75) is 72.6 Å². The zero-order chi connectivity index (χ0) is 12.9. The molecule has 0 aliphatic rings. The normalized spacial score (nSPS) is 9.65.